The number of likely N-dealkylation sites (tertiary alicyclic amines) is 1. The van der Waals surface area contributed by atoms with E-state index in [4.69, 9.17) is 4.74 Å². The van der Waals surface area contributed by atoms with Crippen molar-refractivity contribution in [2.75, 3.05) is 13.7 Å². The van der Waals surface area contributed by atoms with Gasteiger partial charge in [0.2, 0.25) is 0 Å². The molecule has 2 atom stereocenters. The molecule has 2 aromatic carbocycles. The average Bonchev–Trinajstić information content (AvgIpc) is 2.60. The summed E-state index contributed by atoms with van der Waals surface area (Å²) in [5, 5.41) is 11.7. The zero-order valence-electron chi connectivity index (χ0n) is 12.9. The molecule has 1 saturated heterocycles. The van der Waals surface area contributed by atoms with Crippen LogP contribution in [0.3, 0.4) is 0 Å². The zero-order valence-corrected chi connectivity index (χ0v) is 12.9. The first-order chi connectivity index (χ1) is 11.1. The second-order valence-electron chi connectivity index (χ2n) is 5.74. The van der Waals surface area contributed by atoms with E-state index in [0.717, 1.165) is 10.8 Å². The number of aliphatic hydroxyl groups excluding tert-OH is 1. The Hall–Kier alpha value is -2.40. The molecule has 5 heteroatoms. The van der Waals surface area contributed by atoms with E-state index in [1.165, 1.54) is 12.0 Å². The molecule has 0 spiro atoms. The van der Waals surface area contributed by atoms with Crippen molar-refractivity contribution in [2.24, 2.45) is 0 Å². The van der Waals surface area contributed by atoms with Crippen LogP contribution in [0.25, 0.3) is 10.8 Å². The topological polar surface area (TPSA) is 66.8 Å². The van der Waals surface area contributed by atoms with Gasteiger partial charge in [-0.15, -0.1) is 0 Å². The lowest BCUT2D eigenvalue weighted by Crippen LogP contribution is -2.51. The smallest absolute Gasteiger partial charge is 0.328 e. The fraction of sp³-hybridized carbons (Fsp3) is 0.333. The van der Waals surface area contributed by atoms with Crippen molar-refractivity contribution in [1.82, 2.24) is 4.90 Å². The van der Waals surface area contributed by atoms with Gasteiger partial charge in [-0.05, 0) is 23.3 Å². The molecule has 0 bridgehead atoms. The second-order valence-corrected chi connectivity index (χ2v) is 5.74. The van der Waals surface area contributed by atoms with Gasteiger partial charge in [0.25, 0.3) is 5.91 Å². The highest BCUT2D eigenvalue weighted by Gasteiger charge is 2.37. The lowest BCUT2D eigenvalue weighted by Gasteiger charge is -2.36. The van der Waals surface area contributed by atoms with E-state index in [9.17, 15) is 14.7 Å². The van der Waals surface area contributed by atoms with E-state index < -0.39 is 18.1 Å². The van der Waals surface area contributed by atoms with E-state index in [-0.39, 0.29) is 12.3 Å². The van der Waals surface area contributed by atoms with Gasteiger partial charge in [0.1, 0.15) is 6.04 Å². The first kappa shape index (κ1) is 15.5. The lowest BCUT2D eigenvalue weighted by molar-refractivity contribution is -0.148. The third-order valence-corrected chi connectivity index (χ3v) is 4.33. The molecule has 1 heterocycles. The van der Waals surface area contributed by atoms with Crippen LogP contribution in [0.1, 0.15) is 23.2 Å². The number of hydrogen-bond donors (Lipinski definition) is 1. The highest BCUT2D eigenvalue weighted by Crippen LogP contribution is 2.25. The Balaban J connectivity index is 1.98. The molecule has 5 nitrogen and oxygen atoms in total. The predicted molar refractivity (Wildman–Crippen MR) is 86.0 cm³/mol. The van der Waals surface area contributed by atoms with Crippen molar-refractivity contribution in [1.29, 1.82) is 0 Å². The number of rotatable bonds is 2. The molecule has 120 valence electrons. The number of piperidine rings is 1. The quantitative estimate of drug-likeness (QED) is 0.861. The second kappa shape index (κ2) is 6.38. The van der Waals surface area contributed by atoms with Crippen LogP contribution in [0.5, 0.6) is 0 Å². The highest BCUT2D eigenvalue weighted by molar-refractivity contribution is 6.08. The third kappa shape index (κ3) is 2.92. The van der Waals surface area contributed by atoms with Gasteiger partial charge in [-0.2, -0.15) is 0 Å². The molecule has 1 aliphatic rings. The van der Waals surface area contributed by atoms with Crippen LogP contribution >= 0.6 is 0 Å². The summed E-state index contributed by atoms with van der Waals surface area (Å²) in [4.78, 5) is 26.5. The average molecular weight is 313 g/mol. The number of aliphatic hydroxyl groups is 1. The maximum atomic E-state index is 13.0. The first-order valence-electron chi connectivity index (χ1n) is 7.66. The van der Waals surface area contributed by atoms with Crippen LogP contribution in [0.15, 0.2) is 42.5 Å². The molecule has 1 N–H and O–H groups in total. The molecule has 1 amide bonds. The van der Waals surface area contributed by atoms with Gasteiger partial charge in [-0.25, -0.2) is 4.79 Å². The number of amides is 1. The molecule has 0 saturated carbocycles. The number of hydrogen-bond acceptors (Lipinski definition) is 4. The van der Waals surface area contributed by atoms with E-state index in [1.807, 2.05) is 36.4 Å². The number of benzene rings is 2. The van der Waals surface area contributed by atoms with Gasteiger partial charge >= 0.3 is 5.97 Å². The molecule has 0 aromatic heterocycles. The lowest BCUT2D eigenvalue weighted by atomic mass is 9.97. The Labute approximate surface area is 134 Å². The summed E-state index contributed by atoms with van der Waals surface area (Å²) in [5.74, 6) is -0.693. The minimum absolute atomic E-state index is 0.205. The Morgan fingerprint density at radius 2 is 1.91 bits per heavy atom. The third-order valence-electron chi connectivity index (χ3n) is 4.33. The predicted octanol–water partition coefficient (Wildman–Crippen LogP) is 1.98. The zero-order chi connectivity index (χ0) is 16.4. The van der Waals surface area contributed by atoms with Crippen LogP contribution in [0.4, 0.5) is 0 Å². The molecule has 0 unspecified atom stereocenters. The molecule has 0 aliphatic carbocycles. The van der Waals surface area contributed by atoms with Gasteiger partial charge in [0, 0.05) is 18.5 Å². The minimum atomic E-state index is -0.741. The van der Waals surface area contributed by atoms with Gasteiger partial charge in [0.15, 0.2) is 0 Å². The van der Waals surface area contributed by atoms with E-state index >= 15 is 0 Å². The normalized spacial score (nSPS) is 21.2. The SMILES string of the molecule is COC(=O)[C@@H]1C[C@H](O)CCN1C(=O)c1cccc2ccccc12. The largest absolute Gasteiger partial charge is 0.467 e. The molecule has 1 aliphatic heterocycles. The number of ether oxygens (including phenoxy) is 1. The number of carbonyl (C=O) groups is 2. The van der Waals surface area contributed by atoms with Gasteiger partial charge in [-0.3, -0.25) is 4.79 Å². The standard InChI is InChI=1S/C18H19NO4/c1-23-18(22)16-11-13(20)9-10-19(16)17(21)15-8-4-6-12-5-2-3-7-14(12)15/h2-8,13,16,20H,9-11H2,1H3/t13-,16+/m1/s1. The molecule has 23 heavy (non-hydrogen) atoms. The van der Waals surface area contributed by atoms with Gasteiger partial charge in [-0.1, -0.05) is 36.4 Å². The number of esters is 1. The van der Waals surface area contributed by atoms with Crippen molar-refractivity contribution in [3.63, 3.8) is 0 Å². The summed E-state index contributed by atoms with van der Waals surface area (Å²) in [6.07, 6.45) is 0.0864. The number of carbonyl (C=O) groups excluding carboxylic acids is 2. The van der Waals surface area contributed by atoms with Crippen LogP contribution in [0, 0.1) is 0 Å². The van der Waals surface area contributed by atoms with Crippen LogP contribution in [-0.2, 0) is 9.53 Å². The molecule has 0 radical (unpaired) electrons. The summed E-state index contributed by atoms with van der Waals surface area (Å²) in [6.45, 7) is 0.336. The van der Waals surface area contributed by atoms with E-state index in [0.29, 0.717) is 18.5 Å². The Bertz CT molecular complexity index is 737. The van der Waals surface area contributed by atoms with Crippen molar-refractivity contribution in [3.05, 3.63) is 48.0 Å². The van der Waals surface area contributed by atoms with Crippen LogP contribution < -0.4 is 0 Å². The summed E-state index contributed by atoms with van der Waals surface area (Å²) in [7, 11) is 1.30. The number of methoxy groups -OCH3 is 1. The summed E-state index contributed by atoms with van der Waals surface area (Å²) >= 11 is 0. The number of fused-ring (bicyclic) bond motifs is 1. The summed E-state index contributed by atoms with van der Waals surface area (Å²) in [5.41, 5.74) is 0.563. The Morgan fingerprint density at radius 1 is 1.17 bits per heavy atom. The van der Waals surface area contributed by atoms with Crippen molar-refractivity contribution >= 4 is 22.6 Å². The van der Waals surface area contributed by atoms with Crippen LogP contribution in [-0.4, -0.2) is 47.7 Å². The molecular formula is C18H19NO4. The van der Waals surface area contributed by atoms with Crippen molar-refractivity contribution in [2.45, 2.75) is 25.0 Å². The summed E-state index contributed by atoms with van der Waals surface area (Å²) in [6, 6.07) is 12.5. The first-order valence-corrected chi connectivity index (χ1v) is 7.66. The minimum Gasteiger partial charge on any atom is -0.467 e. The maximum Gasteiger partial charge on any atom is 0.328 e. The Morgan fingerprint density at radius 3 is 2.70 bits per heavy atom. The molecule has 2 aromatic rings. The fourth-order valence-corrected chi connectivity index (χ4v) is 3.12. The van der Waals surface area contributed by atoms with Crippen LogP contribution in [0.2, 0.25) is 0 Å². The summed E-state index contributed by atoms with van der Waals surface area (Å²) < 4.78 is 4.80. The monoisotopic (exact) mass is 313 g/mol. The molecular weight excluding hydrogens is 294 g/mol. The Kier molecular flexibility index (Phi) is 4.30. The van der Waals surface area contributed by atoms with E-state index in [2.05, 4.69) is 0 Å². The number of nitrogens with zero attached hydrogens (tertiary/aromatic N) is 1. The van der Waals surface area contributed by atoms with Gasteiger partial charge in [0.05, 0.1) is 13.2 Å². The molecule has 1 fully saturated rings. The van der Waals surface area contributed by atoms with Gasteiger partial charge < -0.3 is 14.7 Å². The maximum absolute atomic E-state index is 13.0. The molecule has 3 rings (SSSR count). The van der Waals surface area contributed by atoms with E-state index in [1.54, 1.807) is 6.07 Å². The van der Waals surface area contributed by atoms with Crippen molar-refractivity contribution in [3.8, 4) is 0 Å². The fourth-order valence-electron chi connectivity index (χ4n) is 3.12. The van der Waals surface area contributed by atoms with Crippen molar-refractivity contribution < 1.29 is 19.4 Å². The highest BCUT2D eigenvalue weighted by atomic mass is 16.5.